The number of carbonyl (C=O) groups excluding carboxylic acids is 1. The summed E-state index contributed by atoms with van der Waals surface area (Å²) in [6, 6.07) is 8.57. The summed E-state index contributed by atoms with van der Waals surface area (Å²) < 4.78 is 0. The van der Waals surface area contributed by atoms with E-state index >= 15 is 0 Å². The van der Waals surface area contributed by atoms with Crippen molar-refractivity contribution in [3.8, 4) is 0 Å². The lowest BCUT2D eigenvalue weighted by atomic mass is 9.84. The first-order chi connectivity index (χ1) is 12.4. The van der Waals surface area contributed by atoms with Crippen LogP contribution in [-0.4, -0.2) is 91.5 Å². The van der Waals surface area contributed by atoms with E-state index in [9.17, 15) is 4.79 Å². The lowest BCUT2D eigenvalue weighted by molar-refractivity contribution is -0.139. The molecule has 2 saturated heterocycles. The van der Waals surface area contributed by atoms with Gasteiger partial charge in [-0.05, 0) is 59.6 Å². The Morgan fingerprint density at radius 3 is 2.38 bits per heavy atom. The predicted octanol–water partition coefficient (Wildman–Crippen LogP) is 1.67. The molecule has 2 fully saturated rings. The molecule has 5 nitrogen and oxygen atoms in total. The minimum absolute atomic E-state index is 0.177. The number of likely N-dealkylation sites (tertiary alicyclic amines) is 1. The number of piperazine rings is 1. The quantitative estimate of drug-likeness (QED) is 0.819. The van der Waals surface area contributed by atoms with E-state index in [0.717, 1.165) is 52.1 Å². The van der Waals surface area contributed by atoms with Gasteiger partial charge in [-0.2, -0.15) is 0 Å². The fraction of sp³-hybridized carbons (Fsp3) is 0.667. The van der Waals surface area contributed by atoms with Crippen molar-refractivity contribution in [2.24, 2.45) is 0 Å². The third-order valence-electron chi connectivity index (χ3n) is 6.25. The lowest BCUT2D eigenvalue weighted by Crippen LogP contribution is -2.65. The van der Waals surface area contributed by atoms with Crippen molar-refractivity contribution >= 4 is 5.91 Å². The molecule has 2 aliphatic heterocycles. The van der Waals surface area contributed by atoms with Crippen LogP contribution in [0.1, 0.15) is 24.0 Å². The van der Waals surface area contributed by atoms with E-state index in [1.165, 1.54) is 11.1 Å². The minimum atomic E-state index is 0.177. The van der Waals surface area contributed by atoms with Crippen LogP contribution in [0.15, 0.2) is 24.3 Å². The molecular weight excluding hydrogens is 324 g/mol. The van der Waals surface area contributed by atoms with Gasteiger partial charge in [0.1, 0.15) is 0 Å². The van der Waals surface area contributed by atoms with Gasteiger partial charge < -0.3 is 9.80 Å². The van der Waals surface area contributed by atoms with Crippen LogP contribution in [0, 0.1) is 6.92 Å². The van der Waals surface area contributed by atoms with E-state index < -0.39 is 0 Å². The highest BCUT2D eigenvalue weighted by atomic mass is 16.2. The van der Waals surface area contributed by atoms with Crippen LogP contribution in [0.5, 0.6) is 0 Å². The van der Waals surface area contributed by atoms with Crippen LogP contribution in [0.25, 0.3) is 0 Å². The second-order valence-corrected chi connectivity index (χ2v) is 8.42. The number of hydrogen-bond donors (Lipinski definition) is 0. The number of carbonyl (C=O) groups is 1. The molecule has 0 aromatic heterocycles. The second kappa shape index (κ2) is 8.07. The van der Waals surface area contributed by atoms with Crippen LogP contribution in [0.3, 0.4) is 0 Å². The van der Waals surface area contributed by atoms with Crippen molar-refractivity contribution in [1.29, 1.82) is 0 Å². The Labute approximate surface area is 158 Å². The van der Waals surface area contributed by atoms with Gasteiger partial charge in [-0.15, -0.1) is 0 Å². The molecule has 1 aromatic carbocycles. The maximum Gasteiger partial charge on any atom is 0.236 e. The van der Waals surface area contributed by atoms with E-state index in [4.69, 9.17) is 0 Å². The molecule has 26 heavy (non-hydrogen) atoms. The molecule has 144 valence electrons. The van der Waals surface area contributed by atoms with E-state index in [2.05, 4.69) is 64.9 Å². The molecule has 0 aliphatic carbocycles. The summed E-state index contributed by atoms with van der Waals surface area (Å²) in [7, 11) is 6.47. The van der Waals surface area contributed by atoms with E-state index in [-0.39, 0.29) is 11.4 Å². The summed E-state index contributed by atoms with van der Waals surface area (Å²) in [4.78, 5) is 22.0. The average molecular weight is 359 g/mol. The van der Waals surface area contributed by atoms with Crippen molar-refractivity contribution in [1.82, 2.24) is 19.6 Å². The Morgan fingerprint density at radius 1 is 1.08 bits per heavy atom. The molecule has 3 rings (SSSR count). The molecule has 5 heteroatoms. The number of amides is 1. The van der Waals surface area contributed by atoms with E-state index in [1.807, 2.05) is 7.05 Å². The molecule has 0 unspecified atom stereocenters. The number of piperidine rings is 1. The summed E-state index contributed by atoms with van der Waals surface area (Å²) in [5, 5.41) is 0. The fourth-order valence-corrected chi connectivity index (χ4v) is 4.24. The molecule has 0 saturated carbocycles. The van der Waals surface area contributed by atoms with Crippen LogP contribution in [-0.2, 0) is 11.3 Å². The van der Waals surface area contributed by atoms with E-state index in [1.54, 1.807) is 0 Å². The molecular formula is C21H34N4O. The number of hydrogen-bond acceptors (Lipinski definition) is 4. The largest absolute Gasteiger partial charge is 0.338 e. The van der Waals surface area contributed by atoms with Gasteiger partial charge in [0.15, 0.2) is 0 Å². The Morgan fingerprint density at radius 2 is 1.73 bits per heavy atom. The van der Waals surface area contributed by atoms with Gasteiger partial charge in [0.25, 0.3) is 0 Å². The molecule has 0 atom stereocenters. The van der Waals surface area contributed by atoms with Gasteiger partial charge >= 0.3 is 0 Å². The molecule has 0 N–H and O–H groups in total. The topological polar surface area (TPSA) is 30.0 Å². The molecule has 0 radical (unpaired) electrons. The van der Waals surface area contributed by atoms with E-state index in [0.29, 0.717) is 6.54 Å². The molecule has 1 aromatic rings. The van der Waals surface area contributed by atoms with Gasteiger partial charge in [0, 0.05) is 31.7 Å². The average Bonchev–Trinajstić information content (AvgIpc) is 2.62. The Kier molecular flexibility index (Phi) is 6.00. The van der Waals surface area contributed by atoms with Gasteiger partial charge in [-0.1, -0.05) is 29.8 Å². The zero-order valence-corrected chi connectivity index (χ0v) is 16.9. The summed E-state index contributed by atoms with van der Waals surface area (Å²) in [5.74, 6) is 0.269. The number of aryl methyl sites for hydroxylation is 1. The number of rotatable bonds is 4. The van der Waals surface area contributed by atoms with Crippen LogP contribution >= 0.6 is 0 Å². The van der Waals surface area contributed by atoms with Crippen molar-refractivity contribution in [2.45, 2.75) is 31.8 Å². The van der Waals surface area contributed by atoms with Crippen LogP contribution in [0.4, 0.5) is 0 Å². The zero-order valence-electron chi connectivity index (χ0n) is 16.9. The third kappa shape index (κ3) is 4.45. The summed E-state index contributed by atoms with van der Waals surface area (Å²) in [5.41, 5.74) is 2.71. The Hall–Kier alpha value is -1.43. The van der Waals surface area contributed by atoms with Crippen molar-refractivity contribution in [3.63, 3.8) is 0 Å². The van der Waals surface area contributed by atoms with Crippen molar-refractivity contribution in [3.05, 3.63) is 35.4 Å². The molecule has 2 heterocycles. The molecule has 0 bridgehead atoms. The highest BCUT2D eigenvalue weighted by Gasteiger charge is 2.42. The number of likely N-dealkylation sites (N-methyl/N-ethyl adjacent to an activating group) is 2. The maximum absolute atomic E-state index is 12.9. The summed E-state index contributed by atoms with van der Waals surface area (Å²) in [6.45, 7) is 8.38. The first-order valence-electron chi connectivity index (χ1n) is 9.80. The lowest BCUT2D eigenvalue weighted by Gasteiger charge is -2.52. The van der Waals surface area contributed by atoms with Gasteiger partial charge in [-0.3, -0.25) is 14.6 Å². The number of nitrogens with zero attached hydrogens (tertiary/aromatic N) is 4. The van der Waals surface area contributed by atoms with Crippen molar-refractivity contribution < 1.29 is 4.79 Å². The van der Waals surface area contributed by atoms with Crippen molar-refractivity contribution in [2.75, 3.05) is 60.4 Å². The standard InChI is InChI=1S/C21H34N4O/c1-18-5-7-19(8-6-18)15-23(3)16-20(26)25-14-13-24(4)21(17-25)9-11-22(2)12-10-21/h5-8H,9-17H2,1-4H3. The van der Waals surface area contributed by atoms with Gasteiger partial charge in [-0.25, -0.2) is 0 Å². The summed E-state index contributed by atoms with van der Waals surface area (Å²) >= 11 is 0. The molecule has 1 amide bonds. The maximum atomic E-state index is 12.9. The first kappa shape index (κ1) is 19.3. The normalized spacial score (nSPS) is 21.5. The second-order valence-electron chi connectivity index (χ2n) is 8.42. The highest BCUT2D eigenvalue weighted by molar-refractivity contribution is 5.78. The first-order valence-corrected chi connectivity index (χ1v) is 9.80. The monoisotopic (exact) mass is 358 g/mol. The zero-order chi connectivity index (χ0) is 18.7. The molecule has 2 aliphatic rings. The summed E-state index contributed by atoms with van der Waals surface area (Å²) in [6.07, 6.45) is 2.31. The Bertz CT molecular complexity index is 607. The smallest absolute Gasteiger partial charge is 0.236 e. The van der Waals surface area contributed by atoms with Gasteiger partial charge in [0.2, 0.25) is 5.91 Å². The van der Waals surface area contributed by atoms with Crippen LogP contribution in [0.2, 0.25) is 0 Å². The third-order valence-corrected chi connectivity index (χ3v) is 6.25. The highest BCUT2D eigenvalue weighted by Crippen LogP contribution is 2.31. The Balaban J connectivity index is 1.56. The SMILES string of the molecule is Cc1ccc(CN(C)CC(=O)N2CCN(C)C3(CCN(C)CC3)C2)cc1. The predicted molar refractivity (Wildman–Crippen MR) is 106 cm³/mol. The van der Waals surface area contributed by atoms with Gasteiger partial charge in [0.05, 0.1) is 6.54 Å². The fourth-order valence-electron chi connectivity index (χ4n) is 4.24. The minimum Gasteiger partial charge on any atom is -0.338 e. The number of benzene rings is 1. The van der Waals surface area contributed by atoms with Crippen LogP contribution < -0.4 is 0 Å². The molecule has 1 spiro atoms.